The van der Waals surface area contributed by atoms with Gasteiger partial charge in [-0.1, -0.05) is 0 Å². The summed E-state index contributed by atoms with van der Waals surface area (Å²) in [5, 5.41) is 8.45. The lowest BCUT2D eigenvalue weighted by molar-refractivity contribution is 0.0773. The fourth-order valence-electron chi connectivity index (χ4n) is 3.78. The van der Waals surface area contributed by atoms with Gasteiger partial charge in [0.25, 0.3) is 5.91 Å². The van der Waals surface area contributed by atoms with Crippen molar-refractivity contribution in [1.82, 2.24) is 20.4 Å². The molecule has 1 heterocycles. The molecule has 5 amide bonds. The van der Waals surface area contributed by atoms with Crippen molar-refractivity contribution in [1.29, 1.82) is 0 Å². The maximum atomic E-state index is 13.3. The topological polar surface area (TPSA) is 97.0 Å². The molecule has 0 aliphatic carbocycles. The van der Waals surface area contributed by atoms with Gasteiger partial charge in [0.2, 0.25) is 0 Å². The molecule has 0 unspecified atom stereocenters. The Morgan fingerprint density at radius 1 is 1.03 bits per heavy atom. The normalized spacial score (nSPS) is 14.1. The van der Waals surface area contributed by atoms with Crippen LogP contribution in [0.1, 0.15) is 51.4 Å². The monoisotopic (exact) mass is 446 g/mol. The van der Waals surface area contributed by atoms with Gasteiger partial charge in [0.05, 0.1) is 5.56 Å². The minimum atomic E-state index is -0.303. The van der Waals surface area contributed by atoms with Crippen LogP contribution in [0.4, 0.5) is 21.0 Å². The number of hydrogen-bond acceptors (Lipinski definition) is 4. The van der Waals surface area contributed by atoms with Gasteiger partial charge in [0.15, 0.2) is 0 Å². The van der Waals surface area contributed by atoms with Crippen LogP contribution < -0.4 is 20.9 Å². The number of nitrogens with one attached hydrogen (secondary N) is 3. The highest BCUT2D eigenvalue weighted by Gasteiger charge is 2.24. The van der Waals surface area contributed by atoms with Gasteiger partial charge >= 0.3 is 12.1 Å². The predicted molar refractivity (Wildman–Crippen MR) is 128 cm³/mol. The number of amides is 5. The van der Waals surface area contributed by atoms with Crippen molar-refractivity contribution in [3.05, 3.63) is 23.8 Å². The largest absolute Gasteiger partial charge is 0.369 e. The van der Waals surface area contributed by atoms with Gasteiger partial charge in [-0.3, -0.25) is 4.79 Å². The van der Waals surface area contributed by atoms with Crippen molar-refractivity contribution in [2.24, 2.45) is 0 Å². The molecule has 0 radical (unpaired) electrons. The molecule has 9 heteroatoms. The van der Waals surface area contributed by atoms with Crippen LogP contribution in [-0.4, -0.2) is 79.6 Å². The van der Waals surface area contributed by atoms with E-state index >= 15 is 0 Å². The van der Waals surface area contributed by atoms with E-state index in [1.165, 1.54) is 0 Å². The molecular formula is C23H38N6O3. The van der Waals surface area contributed by atoms with Crippen molar-refractivity contribution in [3.63, 3.8) is 0 Å². The molecule has 2 rings (SSSR count). The lowest BCUT2D eigenvalue weighted by atomic mass is 10.1. The smallest absolute Gasteiger partial charge is 0.319 e. The van der Waals surface area contributed by atoms with Crippen LogP contribution in [0.25, 0.3) is 0 Å². The van der Waals surface area contributed by atoms with E-state index < -0.39 is 0 Å². The van der Waals surface area contributed by atoms with Crippen LogP contribution >= 0.6 is 0 Å². The van der Waals surface area contributed by atoms with Gasteiger partial charge < -0.3 is 30.7 Å². The lowest BCUT2D eigenvalue weighted by Crippen LogP contribution is -2.44. The van der Waals surface area contributed by atoms with Gasteiger partial charge in [-0.25, -0.2) is 9.59 Å². The molecule has 32 heavy (non-hydrogen) atoms. The van der Waals surface area contributed by atoms with Crippen LogP contribution in [0.2, 0.25) is 0 Å². The summed E-state index contributed by atoms with van der Waals surface area (Å²) < 4.78 is 0. The highest BCUT2D eigenvalue weighted by Crippen LogP contribution is 2.27. The van der Waals surface area contributed by atoms with E-state index in [9.17, 15) is 14.4 Å². The van der Waals surface area contributed by atoms with Crippen molar-refractivity contribution in [3.8, 4) is 0 Å². The minimum Gasteiger partial charge on any atom is -0.369 e. The number of benzene rings is 1. The third-order valence-corrected chi connectivity index (χ3v) is 5.41. The third kappa shape index (κ3) is 6.77. The third-order valence-electron chi connectivity index (χ3n) is 5.41. The molecule has 1 aliphatic heterocycles. The Labute approximate surface area is 191 Å². The zero-order valence-electron chi connectivity index (χ0n) is 20.0. The second kappa shape index (κ2) is 12.2. The van der Waals surface area contributed by atoms with Crippen LogP contribution in [0.3, 0.4) is 0 Å². The first kappa shape index (κ1) is 25.3. The zero-order valence-corrected chi connectivity index (χ0v) is 20.0. The first-order chi connectivity index (χ1) is 15.3. The van der Waals surface area contributed by atoms with E-state index in [1.807, 2.05) is 51.7 Å². The summed E-state index contributed by atoms with van der Waals surface area (Å²) in [5.74, 6) is -0.0665. The first-order valence-electron chi connectivity index (χ1n) is 11.6. The molecule has 1 aromatic rings. The molecule has 0 saturated carbocycles. The molecule has 0 atom stereocenters. The molecule has 0 bridgehead atoms. The summed E-state index contributed by atoms with van der Waals surface area (Å²) in [6.45, 7) is 14.0. The van der Waals surface area contributed by atoms with Gasteiger partial charge in [-0.15, -0.1) is 0 Å². The number of hydrogen-bond donors (Lipinski definition) is 3. The summed E-state index contributed by atoms with van der Waals surface area (Å²) in [5.41, 5.74) is 1.96. The molecule has 0 aromatic heterocycles. The molecule has 178 valence electrons. The molecule has 1 aromatic carbocycles. The number of anilines is 2. The Morgan fingerprint density at radius 2 is 1.75 bits per heavy atom. The van der Waals surface area contributed by atoms with Crippen LogP contribution in [0.5, 0.6) is 0 Å². The van der Waals surface area contributed by atoms with Crippen molar-refractivity contribution < 1.29 is 14.4 Å². The lowest BCUT2D eigenvalue weighted by Gasteiger charge is -2.28. The minimum absolute atomic E-state index is 0.0530. The average Bonchev–Trinajstić information content (AvgIpc) is 3.00. The maximum absolute atomic E-state index is 13.3. The quantitative estimate of drug-likeness (QED) is 0.600. The van der Waals surface area contributed by atoms with Crippen LogP contribution in [0, 0.1) is 0 Å². The summed E-state index contributed by atoms with van der Waals surface area (Å²) in [7, 11) is 0. The number of carbonyl (C=O) groups excluding carboxylic acids is 3. The summed E-state index contributed by atoms with van der Waals surface area (Å²) in [4.78, 5) is 43.5. The van der Waals surface area contributed by atoms with E-state index in [1.54, 1.807) is 11.0 Å². The Morgan fingerprint density at radius 3 is 2.38 bits per heavy atom. The van der Waals surface area contributed by atoms with E-state index in [2.05, 4.69) is 20.9 Å². The highest BCUT2D eigenvalue weighted by molar-refractivity contribution is 6.02. The number of carbonyl (C=O) groups is 3. The van der Waals surface area contributed by atoms with Crippen LogP contribution in [-0.2, 0) is 0 Å². The fraction of sp³-hybridized carbons (Fsp3) is 0.609. The van der Waals surface area contributed by atoms with Gasteiger partial charge in [-0.2, -0.15) is 0 Å². The summed E-state index contributed by atoms with van der Waals surface area (Å²) in [6.07, 6.45) is 0.809. The van der Waals surface area contributed by atoms with E-state index in [4.69, 9.17) is 0 Å². The zero-order chi connectivity index (χ0) is 23.7. The Bertz CT molecular complexity index is 794. The van der Waals surface area contributed by atoms with E-state index in [-0.39, 0.29) is 24.0 Å². The fourth-order valence-corrected chi connectivity index (χ4v) is 3.78. The number of nitrogens with zero attached hydrogens (tertiary/aromatic N) is 3. The predicted octanol–water partition coefficient (Wildman–Crippen LogP) is 2.94. The Balaban J connectivity index is 2.29. The van der Waals surface area contributed by atoms with E-state index in [0.717, 1.165) is 18.7 Å². The van der Waals surface area contributed by atoms with Gasteiger partial charge in [-0.05, 0) is 59.2 Å². The van der Waals surface area contributed by atoms with Crippen LogP contribution in [0.15, 0.2) is 18.2 Å². The molecular weight excluding hydrogens is 408 g/mol. The molecule has 3 N–H and O–H groups in total. The highest BCUT2D eigenvalue weighted by atomic mass is 16.2. The molecule has 0 spiro atoms. The second-order valence-electron chi connectivity index (χ2n) is 8.13. The first-order valence-corrected chi connectivity index (χ1v) is 11.6. The van der Waals surface area contributed by atoms with Gasteiger partial charge in [0.1, 0.15) is 0 Å². The number of urea groups is 2. The van der Waals surface area contributed by atoms with Crippen molar-refractivity contribution in [2.45, 2.75) is 47.1 Å². The Hall–Kier alpha value is -2.97. The molecule has 1 saturated heterocycles. The second-order valence-corrected chi connectivity index (χ2v) is 8.13. The summed E-state index contributed by atoms with van der Waals surface area (Å²) >= 11 is 0. The van der Waals surface area contributed by atoms with Crippen molar-refractivity contribution >= 4 is 29.3 Å². The van der Waals surface area contributed by atoms with E-state index in [0.29, 0.717) is 50.5 Å². The summed E-state index contributed by atoms with van der Waals surface area (Å²) in [6, 6.07) is 5.19. The maximum Gasteiger partial charge on any atom is 0.319 e. The van der Waals surface area contributed by atoms with Gasteiger partial charge in [0, 0.05) is 63.2 Å². The average molecular weight is 447 g/mol. The molecule has 9 nitrogen and oxygen atoms in total. The number of rotatable bonds is 7. The standard InChI is InChI=1S/C23H38N6O3/c1-6-24-22(31)26-18-10-11-20(19(16-18)21(30)27(7-2)8-3)28-12-9-13-29(15-14-28)23(32)25-17(4)5/h10-11,16-17H,6-9,12-15H2,1-5H3,(H,25,32)(H2,24,26,31). The molecule has 1 aliphatic rings. The molecule has 1 fully saturated rings. The van der Waals surface area contributed by atoms with Crippen molar-refractivity contribution in [2.75, 3.05) is 56.0 Å². The Kier molecular flexibility index (Phi) is 9.61. The SMILES string of the molecule is CCNC(=O)Nc1ccc(N2CCCN(C(=O)NC(C)C)CC2)c(C(=O)N(CC)CC)c1.